The molecule has 2 fully saturated rings. The van der Waals surface area contributed by atoms with Gasteiger partial charge in [0, 0.05) is 42.4 Å². The number of nitrogens with one attached hydrogen (secondary N) is 1. The number of piperazine rings is 1. The van der Waals surface area contributed by atoms with E-state index in [4.69, 9.17) is 17.3 Å². The van der Waals surface area contributed by atoms with Gasteiger partial charge in [0.2, 0.25) is 11.8 Å². The van der Waals surface area contributed by atoms with Crippen LogP contribution in [0, 0.1) is 5.92 Å². The summed E-state index contributed by atoms with van der Waals surface area (Å²) in [4.78, 5) is 29.0. The Hall–Kier alpha value is -1.21. The predicted octanol–water partition coefficient (Wildman–Crippen LogP) is 2.86. The maximum absolute atomic E-state index is 12.5. The monoisotopic (exact) mass is 464 g/mol. The molecule has 2 aliphatic rings. The van der Waals surface area contributed by atoms with Crippen LogP contribution >= 0.6 is 36.4 Å². The second-order valence-electron chi connectivity index (χ2n) is 7.87. The zero-order chi connectivity index (χ0) is 19.4. The Balaban J connectivity index is 0.00000210. The summed E-state index contributed by atoms with van der Waals surface area (Å²) in [6.07, 6.45) is 3.73. The van der Waals surface area contributed by atoms with Crippen LogP contribution < -0.4 is 16.0 Å². The van der Waals surface area contributed by atoms with Crippen LogP contribution in [0.1, 0.15) is 32.6 Å². The molecule has 3 rings (SSSR count). The Labute approximate surface area is 190 Å². The van der Waals surface area contributed by atoms with Crippen molar-refractivity contribution in [2.24, 2.45) is 11.7 Å². The highest BCUT2D eigenvalue weighted by Gasteiger charge is 2.37. The zero-order valence-corrected chi connectivity index (χ0v) is 19.1. The third kappa shape index (κ3) is 6.64. The highest BCUT2D eigenvalue weighted by atomic mass is 35.5. The molecule has 6 nitrogen and oxygen atoms in total. The number of nitrogens with zero attached hydrogens (tertiary/aromatic N) is 2. The first-order chi connectivity index (χ1) is 12.9. The molecule has 1 aromatic rings. The first kappa shape index (κ1) is 25.8. The zero-order valence-electron chi connectivity index (χ0n) is 16.7. The highest BCUT2D eigenvalue weighted by molar-refractivity contribution is 6.30. The summed E-state index contributed by atoms with van der Waals surface area (Å²) < 4.78 is 0. The standard InChI is InChI=1S/C20H29ClN4O2.2ClH/c1-20(22)8-3-2-7-17(20)19(27)23-14-18(26)25-11-9-24(10-12-25)16-6-4-5-15(21)13-16;;/h4-6,13,17H,2-3,7-12,14,22H2,1H3,(H,23,27);2*1H. The van der Waals surface area contributed by atoms with Gasteiger partial charge in [-0.25, -0.2) is 0 Å². The van der Waals surface area contributed by atoms with Crippen LogP contribution in [-0.2, 0) is 9.59 Å². The van der Waals surface area contributed by atoms with Gasteiger partial charge in [-0.1, -0.05) is 30.5 Å². The lowest BCUT2D eigenvalue weighted by Crippen LogP contribution is -2.55. The average Bonchev–Trinajstić information content (AvgIpc) is 2.65. The number of nitrogens with two attached hydrogens (primary N) is 1. The molecule has 2 atom stereocenters. The highest BCUT2D eigenvalue weighted by Crippen LogP contribution is 2.31. The van der Waals surface area contributed by atoms with Crippen molar-refractivity contribution in [3.8, 4) is 0 Å². The summed E-state index contributed by atoms with van der Waals surface area (Å²) in [5.74, 6) is -0.340. The van der Waals surface area contributed by atoms with Gasteiger partial charge in [0.05, 0.1) is 12.5 Å². The lowest BCUT2D eigenvalue weighted by Gasteiger charge is -2.38. The van der Waals surface area contributed by atoms with Crippen molar-refractivity contribution in [3.63, 3.8) is 0 Å². The molecule has 2 unspecified atom stereocenters. The van der Waals surface area contributed by atoms with Crippen LogP contribution in [0.2, 0.25) is 5.02 Å². The van der Waals surface area contributed by atoms with Crippen molar-refractivity contribution in [1.82, 2.24) is 10.2 Å². The van der Waals surface area contributed by atoms with Gasteiger partial charge in [-0.15, -0.1) is 24.8 Å². The molecule has 1 heterocycles. The van der Waals surface area contributed by atoms with E-state index in [9.17, 15) is 9.59 Å². The van der Waals surface area contributed by atoms with Crippen LogP contribution in [-0.4, -0.2) is 55.0 Å². The number of rotatable bonds is 4. The van der Waals surface area contributed by atoms with Gasteiger partial charge in [-0.2, -0.15) is 0 Å². The van der Waals surface area contributed by atoms with Gasteiger partial charge >= 0.3 is 0 Å². The molecular weight excluding hydrogens is 435 g/mol. The quantitative estimate of drug-likeness (QED) is 0.717. The largest absolute Gasteiger partial charge is 0.368 e. The van der Waals surface area contributed by atoms with Gasteiger partial charge in [0.1, 0.15) is 0 Å². The second kappa shape index (κ2) is 11.3. The van der Waals surface area contributed by atoms with E-state index < -0.39 is 5.54 Å². The van der Waals surface area contributed by atoms with Gasteiger partial charge in [-0.3, -0.25) is 9.59 Å². The van der Waals surface area contributed by atoms with Crippen LogP contribution in [0.25, 0.3) is 0 Å². The summed E-state index contributed by atoms with van der Waals surface area (Å²) in [7, 11) is 0. The summed E-state index contributed by atoms with van der Waals surface area (Å²) >= 11 is 6.06. The number of anilines is 1. The molecule has 1 saturated carbocycles. The van der Waals surface area contributed by atoms with Gasteiger partial charge < -0.3 is 20.9 Å². The van der Waals surface area contributed by atoms with Crippen molar-refractivity contribution in [1.29, 1.82) is 0 Å². The summed E-state index contributed by atoms with van der Waals surface area (Å²) in [6, 6.07) is 7.75. The first-order valence-electron chi connectivity index (χ1n) is 9.72. The molecule has 1 aliphatic heterocycles. The fraction of sp³-hybridized carbons (Fsp3) is 0.600. The molecule has 0 bridgehead atoms. The van der Waals surface area contributed by atoms with E-state index in [1.54, 1.807) is 0 Å². The van der Waals surface area contributed by atoms with E-state index in [0.29, 0.717) is 18.1 Å². The fourth-order valence-corrected chi connectivity index (χ4v) is 4.26. The van der Waals surface area contributed by atoms with Crippen molar-refractivity contribution in [2.75, 3.05) is 37.6 Å². The predicted molar refractivity (Wildman–Crippen MR) is 122 cm³/mol. The van der Waals surface area contributed by atoms with Crippen molar-refractivity contribution < 1.29 is 9.59 Å². The Bertz CT molecular complexity index is 694. The Morgan fingerprint density at radius 1 is 1.21 bits per heavy atom. The number of hydrogen-bond acceptors (Lipinski definition) is 4. The summed E-state index contributed by atoms with van der Waals surface area (Å²) in [5, 5.41) is 3.53. The molecule has 1 aliphatic carbocycles. The van der Waals surface area contributed by atoms with E-state index in [1.165, 1.54) is 0 Å². The number of halogens is 3. The molecule has 0 aromatic heterocycles. The van der Waals surface area contributed by atoms with Crippen molar-refractivity contribution >= 4 is 53.9 Å². The third-order valence-corrected chi connectivity index (χ3v) is 6.03. The molecule has 9 heteroatoms. The molecule has 0 radical (unpaired) electrons. The normalized spacial score (nSPS) is 24.2. The minimum absolute atomic E-state index is 0. The minimum Gasteiger partial charge on any atom is -0.368 e. The lowest BCUT2D eigenvalue weighted by atomic mass is 9.74. The number of benzene rings is 1. The van der Waals surface area contributed by atoms with E-state index in [1.807, 2.05) is 36.1 Å². The average molecular weight is 466 g/mol. The minimum atomic E-state index is -0.478. The van der Waals surface area contributed by atoms with Crippen LogP contribution in [0.4, 0.5) is 5.69 Å². The molecule has 164 valence electrons. The molecule has 1 aromatic carbocycles. The second-order valence-corrected chi connectivity index (χ2v) is 8.31. The van der Waals surface area contributed by atoms with Crippen LogP contribution in [0.3, 0.4) is 0 Å². The lowest BCUT2D eigenvalue weighted by molar-refractivity contribution is -0.135. The Morgan fingerprint density at radius 2 is 1.90 bits per heavy atom. The van der Waals surface area contributed by atoms with Gasteiger partial charge in [0.25, 0.3) is 0 Å². The molecular formula is C20H31Cl3N4O2. The van der Waals surface area contributed by atoms with E-state index in [0.717, 1.165) is 44.5 Å². The molecule has 1 saturated heterocycles. The number of hydrogen-bond donors (Lipinski definition) is 2. The summed E-state index contributed by atoms with van der Waals surface area (Å²) in [6.45, 7) is 4.77. The topological polar surface area (TPSA) is 78.7 Å². The van der Waals surface area contributed by atoms with Crippen molar-refractivity contribution in [2.45, 2.75) is 38.1 Å². The number of amides is 2. The van der Waals surface area contributed by atoms with Gasteiger partial charge in [0.15, 0.2) is 0 Å². The Morgan fingerprint density at radius 3 is 2.52 bits per heavy atom. The SMILES string of the molecule is CC1(N)CCCCC1C(=O)NCC(=O)N1CCN(c2cccc(Cl)c2)CC1.Cl.Cl. The first-order valence-corrected chi connectivity index (χ1v) is 10.1. The smallest absolute Gasteiger partial charge is 0.242 e. The Kier molecular flexibility index (Phi) is 10.0. The fourth-order valence-electron chi connectivity index (χ4n) is 4.07. The van der Waals surface area contributed by atoms with Crippen molar-refractivity contribution in [3.05, 3.63) is 29.3 Å². The number of carbonyl (C=O) groups is 2. The molecule has 2 amide bonds. The molecule has 3 N–H and O–H groups in total. The number of carbonyl (C=O) groups excluding carboxylic acids is 2. The van der Waals surface area contributed by atoms with Crippen LogP contribution in [0.5, 0.6) is 0 Å². The van der Waals surface area contributed by atoms with Crippen LogP contribution in [0.15, 0.2) is 24.3 Å². The molecule has 29 heavy (non-hydrogen) atoms. The van der Waals surface area contributed by atoms with E-state index in [2.05, 4.69) is 10.2 Å². The maximum atomic E-state index is 12.5. The maximum Gasteiger partial charge on any atom is 0.242 e. The third-order valence-electron chi connectivity index (χ3n) is 5.79. The molecule has 0 spiro atoms. The van der Waals surface area contributed by atoms with E-state index >= 15 is 0 Å². The van der Waals surface area contributed by atoms with E-state index in [-0.39, 0.29) is 49.1 Å². The summed E-state index contributed by atoms with van der Waals surface area (Å²) in [5.41, 5.74) is 6.88. The van der Waals surface area contributed by atoms with Gasteiger partial charge in [-0.05, 0) is 38.0 Å².